The maximum Gasteiger partial charge on any atom is 0.309 e. The van der Waals surface area contributed by atoms with Gasteiger partial charge in [0.15, 0.2) is 0 Å². The molecule has 0 spiro atoms. The van der Waals surface area contributed by atoms with Crippen LogP contribution in [0.25, 0.3) is 6.08 Å². The molecule has 2 fully saturated rings. The first-order valence-corrected chi connectivity index (χ1v) is 17.3. The van der Waals surface area contributed by atoms with Crippen molar-refractivity contribution in [2.24, 2.45) is 17.3 Å². The van der Waals surface area contributed by atoms with E-state index in [0.29, 0.717) is 30.7 Å². The van der Waals surface area contributed by atoms with Crippen LogP contribution in [-0.2, 0) is 24.2 Å². The summed E-state index contributed by atoms with van der Waals surface area (Å²) < 4.78 is 29.9. The van der Waals surface area contributed by atoms with E-state index in [1.165, 1.54) is 0 Å². The SMILES string of the molecule is C#CCCN1[C@H]2C[C@@H](/C(C)=C/c3csc(S(C)(=O)=O)n3)OC(=O)C[C@H](O)C(C)(C)C(=O)[C@H](C)[C@@H](O)[C@@H](C)CCC[C@]21C. The third-order valence-corrected chi connectivity index (χ3v) is 11.8. The molecule has 11 heteroatoms. The van der Waals surface area contributed by atoms with Gasteiger partial charge in [0, 0.05) is 48.5 Å². The van der Waals surface area contributed by atoms with Crippen molar-refractivity contribution in [1.29, 1.82) is 0 Å². The van der Waals surface area contributed by atoms with E-state index in [2.05, 4.69) is 22.7 Å². The van der Waals surface area contributed by atoms with Crippen molar-refractivity contribution in [2.45, 2.75) is 114 Å². The van der Waals surface area contributed by atoms with Crippen LogP contribution in [0.1, 0.15) is 85.8 Å². The van der Waals surface area contributed by atoms with Gasteiger partial charge in [0.05, 0.1) is 29.7 Å². The van der Waals surface area contributed by atoms with E-state index in [1.807, 2.05) is 13.8 Å². The lowest BCUT2D eigenvalue weighted by molar-refractivity contribution is -0.154. The summed E-state index contributed by atoms with van der Waals surface area (Å²) in [4.78, 5) is 33.2. The number of hydrogen-bond acceptors (Lipinski definition) is 10. The Bertz CT molecular complexity index is 1330. The van der Waals surface area contributed by atoms with Gasteiger partial charge in [-0.3, -0.25) is 14.5 Å². The van der Waals surface area contributed by atoms with Gasteiger partial charge in [-0.2, -0.15) is 0 Å². The third-order valence-electron chi connectivity index (χ3n) is 9.27. The van der Waals surface area contributed by atoms with E-state index in [9.17, 15) is 28.2 Å². The van der Waals surface area contributed by atoms with Crippen molar-refractivity contribution in [3.63, 3.8) is 0 Å². The Balaban J connectivity index is 1.97. The number of Topliss-reactive ketones (excluding diaryl/α,β-unsaturated/α-hetero) is 1. The number of ketones is 1. The fraction of sp³-hybridized carbons (Fsp3) is 0.710. The zero-order valence-electron chi connectivity index (χ0n) is 25.8. The van der Waals surface area contributed by atoms with Crippen LogP contribution in [0, 0.1) is 29.6 Å². The first kappa shape index (κ1) is 34.4. The van der Waals surface area contributed by atoms with Crippen molar-refractivity contribution in [3.8, 4) is 12.3 Å². The van der Waals surface area contributed by atoms with E-state index in [1.54, 1.807) is 32.2 Å². The number of ether oxygens (including phenoxy) is 1. The number of carbonyl (C=O) groups excluding carboxylic acids is 2. The van der Waals surface area contributed by atoms with Gasteiger partial charge >= 0.3 is 5.97 Å². The van der Waals surface area contributed by atoms with Crippen LogP contribution in [0.5, 0.6) is 0 Å². The highest BCUT2D eigenvalue weighted by Gasteiger charge is 2.58. The molecule has 1 aromatic heterocycles. The maximum atomic E-state index is 13.4. The zero-order valence-corrected chi connectivity index (χ0v) is 27.4. The molecule has 3 rings (SSSR count). The Morgan fingerprint density at radius 3 is 2.55 bits per heavy atom. The summed E-state index contributed by atoms with van der Waals surface area (Å²) in [7, 11) is -3.45. The predicted molar refractivity (Wildman–Crippen MR) is 163 cm³/mol. The van der Waals surface area contributed by atoms with Crippen LogP contribution < -0.4 is 0 Å². The Labute approximate surface area is 254 Å². The second-order valence-corrected chi connectivity index (χ2v) is 15.9. The number of aliphatic hydroxyl groups is 2. The molecule has 0 radical (unpaired) electrons. The quantitative estimate of drug-likeness (QED) is 0.285. The monoisotopic (exact) mass is 622 g/mol. The molecule has 1 unspecified atom stereocenters. The predicted octanol–water partition coefficient (Wildman–Crippen LogP) is 3.88. The number of thiazole rings is 1. The summed E-state index contributed by atoms with van der Waals surface area (Å²) in [5.74, 6) is 0.920. The van der Waals surface area contributed by atoms with Gasteiger partial charge < -0.3 is 14.9 Å². The second-order valence-electron chi connectivity index (χ2n) is 12.9. The molecule has 2 saturated heterocycles. The number of rotatable bonds is 5. The van der Waals surface area contributed by atoms with Crippen LogP contribution >= 0.6 is 11.3 Å². The molecule has 0 bridgehead atoms. The van der Waals surface area contributed by atoms with Crippen LogP contribution in [0.15, 0.2) is 15.3 Å². The Hall–Kier alpha value is -2.10. The van der Waals surface area contributed by atoms with Crippen LogP contribution in [-0.4, -0.2) is 83.0 Å². The number of nitrogens with zero attached hydrogens (tertiary/aromatic N) is 2. The van der Waals surface area contributed by atoms with Crippen LogP contribution in [0.4, 0.5) is 0 Å². The number of fused-ring (bicyclic) bond motifs is 1. The first-order chi connectivity index (χ1) is 19.4. The van der Waals surface area contributed by atoms with Crippen molar-refractivity contribution in [3.05, 3.63) is 16.6 Å². The molecular formula is C31H46N2O7S2. The highest BCUT2D eigenvalue weighted by molar-refractivity contribution is 7.92. The van der Waals surface area contributed by atoms with Gasteiger partial charge in [0.2, 0.25) is 14.2 Å². The van der Waals surface area contributed by atoms with E-state index in [-0.39, 0.29) is 27.6 Å². The molecule has 0 saturated carbocycles. The molecule has 0 amide bonds. The number of hydrogen-bond donors (Lipinski definition) is 2. The van der Waals surface area contributed by atoms with Crippen molar-refractivity contribution >= 4 is 39.0 Å². The molecule has 2 aliphatic rings. The number of sulfone groups is 1. The first-order valence-electron chi connectivity index (χ1n) is 14.6. The van der Waals surface area contributed by atoms with Gasteiger partial charge in [0.25, 0.3) is 0 Å². The number of aliphatic hydroxyl groups excluding tert-OH is 2. The van der Waals surface area contributed by atoms with Gasteiger partial charge in [-0.25, -0.2) is 13.4 Å². The van der Waals surface area contributed by atoms with Crippen molar-refractivity contribution < 1.29 is 33.0 Å². The highest BCUT2D eigenvalue weighted by Crippen LogP contribution is 2.48. The highest BCUT2D eigenvalue weighted by atomic mass is 32.2. The second kappa shape index (κ2) is 13.3. The van der Waals surface area contributed by atoms with E-state index in [4.69, 9.17) is 11.2 Å². The van der Waals surface area contributed by atoms with Gasteiger partial charge in [-0.15, -0.1) is 23.7 Å². The Morgan fingerprint density at radius 1 is 1.29 bits per heavy atom. The lowest BCUT2D eigenvalue weighted by Crippen LogP contribution is -2.45. The van der Waals surface area contributed by atoms with Crippen LogP contribution in [0.2, 0.25) is 0 Å². The van der Waals surface area contributed by atoms with Crippen molar-refractivity contribution in [1.82, 2.24) is 9.88 Å². The lowest BCUT2D eigenvalue weighted by Gasteiger charge is -2.34. The summed E-state index contributed by atoms with van der Waals surface area (Å²) in [5.41, 5.74) is -0.315. The minimum atomic E-state index is -3.45. The molecule has 9 nitrogen and oxygen atoms in total. The molecule has 2 aliphatic heterocycles. The largest absolute Gasteiger partial charge is 0.458 e. The zero-order chi connectivity index (χ0) is 31.6. The fourth-order valence-corrected chi connectivity index (χ4v) is 7.82. The minimum absolute atomic E-state index is 0.00959. The average Bonchev–Trinajstić information content (AvgIpc) is 3.20. The Kier molecular flexibility index (Phi) is 10.9. The molecule has 8 atom stereocenters. The normalized spacial score (nSPS) is 35.1. The molecule has 0 aromatic carbocycles. The summed E-state index contributed by atoms with van der Waals surface area (Å²) >= 11 is 1.03. The summed E-state index contributed by atoms with van der Waals surface area (Å²) in [6.45, 7) is 11.5. The summed E-state index contributed by atoms with van der Waals surface area (Å²) in [6.07, 6.45) is 8.64. The average molecular weight is 623 g/mol. The van der Waals surface area contributed by atoms with Gasteiger partial charge in [-0.1, -0.05) is 34.1 Å². The van der Waals surface area contributed by atoms with E-state index < -0.39 is 51.9 Å². The number of aromatic nitrogens is 1. The number of terminal acetylenes is 1. The summed E-state index contributed by atoms with van der Waals surface area (Å²) in [5, 5.41) is 23.7. The molecule has 1 aromatic rings. The Morgan fingerprint density at radius 2 is 1.95 bits per heavy atom. The molecular weight excluding hydrogens is 576 g/mol. The van der Waals surface area contributed by atoms with Crippen molar-refractivity contribution in [2.75, 3.05) is 12.8 Å². The lowest BCUT2D eigenvalue weighted by atomic mass is 9.73. The number of carbonyl (C=O) groups is 2. The molecule has 42 heavy (non-hydrogen) atoms. The molecule has 3 heterocycles. The topological polar surface area (TPSA) is 134 Å². The van der Waals surface area contributed by atoms with Gasteiger partial charge in [0.1, 0.15) is 11.9 Å². The van der Waals surface area contributed by atoms with E-state index in [0.717, 1.165) is 36.9 Å². The smallest absolute Gasteiger partial charge is 0.309 e. The minimum Gasteiger partial charge on any atom is -0.458 e. The summed E-state index contributed by atoms with van der Waals surface area (Å²) in [6, 6.07) is 0.0732. The number of cyclic esters (lactones) is 1. The van der Waals surface area contributed by atoms with E-state index >= 15 is 0 Å². The maximum absolute atomic E-state index is 13.4. The van der Waals surface area contributed by atoms with Gasteiger partial charge in [-0.05, 0) is 44.3 Å². The molecule has 2 N–H and O–H groups in total. The molecule has 0 aliphatic carbocycles. The fourth-order valence-electron chi connectivity index (χ4n) is 6.20. The number of esters is 1. The third kappa shape index (κ3) is 7.69. The van der Waals surface area contributed by atoms with Crippen LogP contribution in [0.3, 0.4) is 0 Å². The standard InChI is InChI=1S/C31H46N2O7S2/c1-9-10-14-33-24-16-23(20(3)15-22-18-41-29(32-22)42(8,38)39)40-26(35)17-25(34)30(5,6)28(37)21(4)27(36)19(2)12-11-13-31(24,33)7/h1,15,18-19,21,23-25,27,34,36H,10-14,16-17H2,2-8H3/b20-15+/t19-,21+,23-,24-,25-,27-,31+,33?/m0/s1. The molecule has 234 valence electrons.